The van der Waals surface area contributed by atoms with Crippen LogP contribution in [0.5, 0.6) is 0 Å². The second-order valence-electron chi connectivity index (χ2n) is 4.05. The summed E-state index contributed by atoms with van der Waals surface area (Å²) in [4.78, 5) is 11.2. The number of nitrogens with two attached hydrogens (primary N) is 1. The van der Waals surface area contributed by atoms with Gasteiger partial charge in [-0.3, -0.25) is 4.79 Å². The minimum atomic E-state index is -0.906. The molecule has 14 heavy (non-hydrogen) atoms. The topological polar surface area (TPSA) is 72.5 Å². The van der Waals surface area contributed by atoms with E-state index >= 15 is 0 Å². The van der Waals surface area contributed by atoms with Crippen molar-refractivity contribution in [2.75, 3.05) is 6.61 Å². The molecule has 3 N–H and O–H groups in total. The highest BCUT2D eigenvalue weighted by molar-refractivity contribution is 5.76. The first kappa shape index (κ1) is 11.5. The first-order chi connectivity index (χ1) is 6.61. The van der Waals surface area contributed by atoms with E-state index in [0.29, 0.717) is 12.5 Å². The van der Waals surface area contributed by atoms with Crippen molar-refractivity contribution in [3.63, 3.8) is 0 Å². The van der Waals surface area contributed by atoms with Gasteiger partial charge in [-0.05, 0) is 25.7 Å². The maximum atomic E-state index is 11.2. The monoisotopic (exact) mass is 201 g/mol. The fourth-order valence-corrected chi connectivity index (χ4v) is 1.67. The van der Waals surface area contributed by atoms with Crippen molar-refractivity contribution in [1.29, 1.82) is 0 Å². The van der Waals surface area contributed by atoms with Gasteiger partial charge < -0.3 is 15.6 Å². The number of esters is 1. The molecule has 2 atom stereocenters. The van der Waals surface area contributed by atoms with E-state index in [4.69, 9.17) is 15.6 Å². The highest BCUT2D eigenvalue weighted by atomic mass is 16.5. The van der Waals surface area contributed by atoms with E-state index in [-0.39, 0.29) is 0 Å². The molecule has 4 heteroatoms. The highest BCUT2D eigenvalue weighted by Crippen LogP contribution is 2.24. The van der Waals surface area contributed by atoms with Gasteiger partial charge in [0.05, 0.1) is 12.7 Å². The Labute approximate surface area is 84.4 Å². The predicted molar refractivity (Wildman–Crippen MR) is 52.6 cm³/mol. The number of ether oxygens (including phenoxy) is 1. The average molecular weight is 201 g/mol. The second-order valence-corrected chi connectivity index (χ2v) is 4.05. The quantitative estimate of drug-likeness (QED) is 0.647. The van der Waals surface area contributed by atoms with Gasteiger partial charge in [-0.25, -0.2) is 0 Å². The molecule has 1 saturated carbocycles. The minimum Gasteiger partial charge on any atom is -0.464 e. The molecular weight excluding hydrogens is 182 g/mol. The van der Waals surface area contributed by atoms with Gasteiger partial charge in [-0.2, -0.15) is 0 Å². The Morgan fingerprint density at radius 3 is 2.64 bits per heavy atom. The zero-order chi connectivity index (χ0) is 10.6. The van der Waals surface area contributed by atoms with Gasteiger partial charge in [0.15, 0.2) is 0 Å². The normalized spacial score (nSPS) is 21.9. The molecule has 1 aliphatic rings. The van der Waals surface area contributed by atoms with Crippen LogP contribution in [0.1, 0.15) is 32.6 Å². The molecule has 1 rings (SSSR count). The SMILES string of the molecule is CC(O)C(N)C(=O)OCC1CCCC1. The molecule has 1 fully saturated rings. The third kappa shape index (κ3) is 3.27. The molecule has 0 bridgehead atoms. The molecule has 0 spiro atoms. The molecule has 2 unspecified atom stereocenters. The summed E-state index contributed by atoms with van der Waals surface area (Å²) in [7, 11) is 0. The smallest absolute Gasteiger partial charge is 0.325 e. The number of hydrogen-bond acceptors (Lipinski definition) is 4. The Kier molecular flexibility index (Phi) is 4.35. The fraction of sp³-hybridized carbons (Fsp3) is 0.900. The second kappa shape index (κ2) is 5.32. The molecule has 4 nitrogen and oxygen atoms in total. The lowest BCUT2D eigenvalue weighted by Gasteiger charge is -2.15. The van der Waals surface area contributed by atoms with Gasteiger partial charge in [0.25, 0.3) is 0 Å². The number of aliphatic hydroxyl groups is 1. The maximum absolute atomic E-state index is 11.2. The van der Waals surface area contributed by atoms with Gasteiger partial charge in [-0.1, -0.05) is 12.8 Å². The van der Waals surface area contributed by atoms with Crippen molar-refractivity contribution < 1.29 is 14.6 Å². The molecule has 0 saturated heterocycles. The zero-order valence-electron chi connectivity index (χ0n) is 8.61. The Morgan fingerprint density at radius 2 is 2.14 bits per heavy atom. The lowest BCUT2D eigenvalue weighted by molar-refractivity contribution is -0.149. The highest BCUT2D eigenvalue weighted by Gasteiger charge is 2.22. The van der Waals surface area contributed by atoms with Crippen molar-refractivity contribution in [3.05, 3.63) is 0 Å². The van der Waals surface area contributed by atoms with E-state index < -0.39 is 18.1 Å². The predicted octanol–water partition coefficient (Wildman–Crippen LogP) is 0.428. The summed E-state index contributed by atoms with van der Waals surface area (Å²) in [5.41, 5.74) is 5.42. The van der Waals surface area contributed by atoms with Crippen LogP contribution in [0.3, 0.4) is 0 Å². The van der Waals surface area contributed by atoms with Gasteiger partial charge in [-0.15, -0.1) is 0 Å². The zero-order valence-corrected chi connectivity index (χ0v) is 8.61. The molecule has 0 radical (unpaired) electrons. The summed E-state index contributed by atoms with van der Waals surface area (Å²) < 4.78 is 5.03. The number of carbonyl (C=O) groups is 1. The van der Waals surface area contributed by atoms with Crippen molar-refractivity contribution in [2.45, 2.75) is 44.8 Å². The van der Waals surface area contributed by atoms with Crippen LogP contribution >= 0.6 is 0 Å². The standard InChI is InChI=1S/C10H19NO3/c1-7(12)9(11)10(13)14-6-8-4-2-3-5-8/h7-9,12H,2-6,11H2,1H3. The Morgan fingerprint density at radius 1 is 1.57 bits per heavy atom. The van der Waals surface area contributed by atoms with Crippen molar-refractivity contribution in [3.8, 4) is 0 Å². The van der Waals surface area contributed by atoms with Crippen LogP contribution < -0.4 is 5.73 Å². The average Bonchev–Trinajstić information content (AvgIpc) is 2.65. The van der Waals surface area contributed by atoms with Crippen LogP contribution in [0.4, 0.5) is 0 Å². The van der Waals surface area contributed by atoms with Gasteiger partial charge in [0.1, 0.15) is 6.04 Å². The Bertz CT molecular complexity index is 188. The molecule has 1 aliphatic carbocycles. The summed E-state index contributed by atoms with van der Waals surface area (Å²) in [5.74, 6) is 0.00653. The molecule has 0 aliphatic heterocycles. The molecule has 0 heterocycles. The Hall–Kier alpha value is -0.610. The number of rotatable bonds is 4. The van der Waals surface area contributed by atoms with E-state index in [1.54, 1.807) is 0 Å². The van der Waals surface area contributed by atoms with Gasteiger partial charge >= 0.3 is 5.97 Å². The largest absolute Gasteiger partial charge is 0.464 e. The van der Waals surface area contributed by atoms with Gasteiger partial charge in [0.2, 0.25) is 0 Å². The van der Waals surface area contributed by atoms with Crippen LogP contribution in [-0.4, -0.2) is 29.8 Å². The Balaban J connectivity index is 2.19. The first-order valence-electron chi connectivity index (χ1n) is 5.21. The van der Waals surface area contributed by atoms with Crippen molar-refractivity contribution in [2.24, 2.45) is 11.7 Å². The van der Waals surface area contributed by atoms with Crippen LogP contribution in [0, 0.1) is 5.92 Å². The number of carbonyl (C=O) groups excluding carboxylic acids is 1. The third-order valence-electron chi connectivity index (χ3n) is 2.73. The molecule has 0 amide bonds. The lowest BCUT2D eigenvalue weighted by Crippen LogP contribution is -2.41. The summed E-state index contributed by atoms with van der Waals surface area (Å²) in [6.45, 7) is 1.95. The maximum Gasteiger partial charge on any atom is 0.325 e. The summed E-state index contributed by atoms with van der Waals surface area (Å²) >= 11 is 0. The molecule has 0 aromatic carbocycles. The molecule has 82 valence electrons. The summed E-state index contributed by atoms with van der Waals surface area (Å²) in [5, 5.41) is 9.06. The fourth-order valence-electron chi connectivity index (χ4n) is 1.67. The molecule has 0 aromatic rings. The summed E-state index contributed by atoms with van der Waals surface area (Å²) in [6.07, 6.45) is 3.88. The minimum absolute atomic E-state index is 0.458. The van der Waals surface area contributed by atoms with E-state index in [2.05, 4.69) is 0 Å². The lowest BCUT2D eigenvalue weighted by atomic mass is 10.1. The van der Waals surface area contributed by atoms with Crippen LogP contribution in [0.2, 0.25) is 0 Å². The molecule has 0 aromatic heterocycles. The van der Waals surface area contributed by atoms with E-state index in [0.717, 1.165) is 12.8 Å². The van der Waals surface area contributed by atoms with E-state index in [1.165, 1.54) is 19.8 Å². The van der Waals surface area contributed by atoms with Crippen LogP contribution in [0.15, 0.2) is 0 Å². The summed E-state index contributed by atoms with van der Waals surface area (Å²) in [6, 6.07) is -0.906. The van der Waals surface area contributed by atoms with Crippen molar-refractivity contribution >= 4 is 5.97 Å². The van der Waals surface area contributed by atoms with Crippen LogP contribution in [-0.2, 0) is 9.53 Å². The first-order valence-corrected chi connectivity index (χ1v) is 5.21. The molecular formula is C10H19NO3. The van der Waals surface area contributed by atoms with E-state index in [1.807, 2.05) is 0 Å². The van der Waals surface area contributed by atoms with Crippen LogP contribution in [0.25, 0.3) is 0 Å². The number of hydrogen-bond donors (Lipinski definition) is 2. The van der Waals surface area contributed by atoms with E-state index in [9.17, 15) is 4.79 Å². The van der Waals surface area contributed by atoms with Gasteiger partial charge in [0, 0.05) is 0 Å². The van der Waals surface area contributed by atoms with Crippen molar-refractivity contribution in [1.82, 2.24) is 0 Å². The third-order valence-corrected chi connectivity index (χ3v) is 2.73. The number of aliphatic hydroxyl groups excluding tert-OH is 1.